The topological polar surface area (TPSA) is 150 Å². The minimum Gasteiger partial charge on any atom is -0.468 e. The van der Waals surface area contributed by atoms with Gasteiger partial charge in [-0.05, 0) is 202 Å². The number of carbonyl (C=O) groups excluding carboxylic acids is 3. The lowest BCUT2D eigenvalue weighted by molar-refractivity contribution is -0.146. The number of aldehydes is 1. The molecule has 1 saturated carbocycles. The van der Waals surface area contributed by atoms with Gasteiger partial charge in [0.05, 0.1) is 19.8 Å². The standard InChI is InChI=1S/C40H40F3N3O4.C36H31F3N2O5.C5H10/c1-24-29(26-14-15-27(33(41)19-26)22-45-16-4-5-17-45)9-6-10-30(24)31-11-7-12-32(25(31)2)38-44-34-20-28(36(50-40(42)43)21-37(34)49-38)23-46-18-8-13-35(46)39(47)48-3;1-20-25(22-12-13-23(19-42)29(37)15-22)7-4-8-26(20)27-9-5-10-28(21(27)2)34-40-30-16-24(32(46-36(38)39)17-33(30)45-34)18-41-14-6-11-31(41)35(43)44-3;1-2-4-5-3-1/h6-7,9-12,14-15,19-21,35,40H,4-5,8,13,16-18,22-23H2,1-3H3;4-5,7-10,12-13,15-17,19,31,36H,6,11,14,18H2,1-3H3;1-5H2/t35-;31-;/m00./s1. The quantitative estimate of drug-likeness (QED) is 0.0429. The van der Waals surface area contributed by atoms with Gasteiger partial charge in [-0.15, -0.1) is 0 Å². The van der Waals surface area contributed by atoms with Crippen molar-refractivity contribution in [2.24, 2.45) is 0 Å². The van der Waals surface area contributed by atoms with Gasteiger partial charge < -0.3 is 27.8 Å². The Hall–Kier alpha value is -9.63. The van der Waals surface area contributed by atoms with Gasteiger partial charge in [0.2, 0.25) is 11.8 Å². The molecule has 2 aromatic heterocycles. The first-order chi connectivity index (χ1) is 48.9. The van der Waals surface area contributed by atoms with Gasteiger partial charge in [0, 0.05) is 59.6 Å². The third-order valence-corrected chi connectivity index (χ3v) is 20.0. The zero-order valence-electron chi connectivity index (χ0n) is 57.5. The van der Waals surface area contributed by atoms with Crippen LogP contribution in [-0.2, 0) is 38.7 Å². The molecule has 0 amide bonds. The normalized spacial score (nSPS) is 16.4. The van der Waals surface area contributed by atoms with E-state index in [-0.39, 0.29) is 53.5 Å². The average molecular weight is 1380 g/mol. The van der Waals surface area contributed by atoms with Crippen LogP contribution >= 0.6 is 0 Å². The van der Waals surface area contributed by atoms with Gasteiger partial charge in [0.1, 0.15) is 46.3 Å². The number of ether oxygens (including phenoxy) is 4. The van der Waals surface area contributed by atoms with Crippen molar-refractivity contribution >= 4 is 40.4 Å². The summed E-state index contributed by atoms with van der Waals surface area (Å²) in [5, 5.41) is 0. The second-order valence-electron chi connectivity index (χ2n) is 26.3. The Morgan fingerprint density at radius 1 is 0.475 bits per heavy atom. The number of alkyl halides is 4. The van der Waals surface area contributed by atoms with Crippen LogP contribution in [-0.4, -0.2) is 109 Å². The molecule has 0 N–H and O–H groups in total. The number of fused-ring (bicyclic) bond motifs is 2. The van der Waals surface area contributed by atoms with Crippen molar-refractivity contribution in [3.63, 3.8) is 0 Å². The van der Waals surface area contributed by atoms with E-state index in [1.54, 1.807) is 24.3 Å². The van der Waals surface area contributed by atoms with Gasteiger partial charge >= 0.3 is 25.2 Å². The van der Waals surface area contributed by atoms with E-state index in [4.69, 9.17) is 37.7 Å². The molecule has 3 saturated heterocycles. The average Bonchev–Trinajstić information content (AvgIpc) is 1.69. The summed E-state index contributed by atoms with van der Waals surface area (Å²) in [4.78, 5) is 51.3. The predicted molar refractivity (Wildman–Crippen MR) is 377 cm³/mol. The van der Waals surface area contributed by atoms with E-state index in [1.165, 1.54) is 70.6 Å². The molecule has 10 aromatic rings. The Morgan fingerprint density at radius 2 is 0.871 bits per heavy atom. The van der Waals surface area contributed by atoms with E-state index in [0.717, 1.165) is 106 Å². The highest BCUT2D eigenvalue weighted by Crippen LogP contribution is 2.42. The summed E-state index contributed by atoms with van der Waals surface area (Å²) in [5.41, 5.74) is 15.5. The van der Waals surface area contributed by atoms with Crippen molar-refractivity contribution in [1.29, 1.82) is 0 Å². The fourth-order valence-electron chi connectivity index (χ4n) is 14.7. The largest absolute Gasteiger partial charge is 0.468 e. The van der Waals surface area contributed by atoms with Crippen molar-refractivity contribution in [3.05, 3.63) is 190 Å². The lowest BCUT2D eigenvalue weighted by Gasteiger charge is -2.23. The van der Waals surface area contributed by atoms with Gasteiger partial charge in [-0.3, -0.25) is 29.1 Å². The van der Waals surface area contributed by atoms with Crippen LogP contribution in [0.15, 0.2) is 142 Å². The number of aromatic nitrogens is 2. The van der Waals surface area contributed by atoms with E-state index in [9.17, 15) is 36.3 Å². The van der Waals surface area contributed by atoms with Crippen LogP contribution in [0.1, 0.15) is 120 Å². The summed E-state index contributed by atoms with van der Waals surface area (Å²) in [5.74, 6) is -0.903. The van der Waals surface area contributed by atoms with Crippen molar-refractivity contribution in [2.75, 3.05) is 40.4 Å². The number of benzene rings is 8. The monoisotopic (exact) mass is 1380 g/mol. The van der Waals surface area contributed by atoms with E-state index in [1.807, 2.05) is 116 Å². The van der Waals surface area contributed by atoms with Gasteiger partial charge in [0.25, 0.3) is 0 Å². The highest BCUT2D eigenvalue weighted by molar-refractivity contribution is 5.88. The summed E-state index contributed by atoms with van der Waals surface area (Å²) in [6.07, 6.45) is 13.1. The van der Waals surface area contributed by atoms with Gasteiger partial charge in [0.15, 0.2) is 17.5 Å². The zero-order valence-corrected chi connectivity index (χ0v) is 57.5. The van der Waals surface area contributed by atoms with Gasteiger partial charge in [-0.1, -0.05) is 111 Å². The first-order valence-corrected chi connectivity index (χ1v) is 34.4. The number of oxazole rings is 2. The van der Waals surface area contributed by atoms with Gasteiger partial charge in [-0.2, -0.15) is 17.6 Å². The zero-order chi connectivity index (χ0) is 71.0. The number of halogens is 6. The molecule has 8 aromatic carbocycles. The number of esters is 2. The minimum atomic E-state index is -3.05. The molecule has 4 aliphatic rings. The summed E-state index contributed by atoms with van der Waals surface area (Å²) >= 11 is 0. The van der Waals surface area contributed by atoms with Crippen LogP contribution in [0.25, 0.3) is 89.6 Å². The Morgan fingerprint density at radius 3 is 1.27 bits per heavy atom. The molecule has 14 rings (SSSR count). The molecule has 4 fully saturated rings. The highest BCUT2D eigenvalue weighted by Gasteiger charge is 2.35. The Kier molecular flexibility index (Phi) is 22.5. The van der Waals surface area contributed by atoms with Crippen molar-refractivity contribution in [1.82, 2.24) is 24.7 Å². The number of carbonyl (C=O) groups is 3. The molecule has 14 nitrogen and oxygen atoms in total. The lowest BCUT2D eigenvalue weighted by atomic mass is 9.89. The smallest absolute Gasteiger partial charge is 0.387 e. The van der Waals surface area contributed by atoms with Crippen molar-refractivity contribution in [3.8, 4) is 78.9 Å². The van der Waals surface area contributed by atoms with E-state index in [2.05, 4.69) is 11.0 Å². The maximum absolute atomic E-state index is 15.3. The molecule has 0 spiro atoms. The summed E-state index contributed by atoms with van der Waals surface area (Å²) in [6, 6.07) is 38.8. The number of nitrogens with zero attached hydrogens (tertiary/aromatic N) is 5. The SMILES string of the molecule is C1CCCC1.COC(=O)[C@@H]1CCCN1Cc1cc2nc(-c3cccc(-c4cccc(-c5ccc(C=O)c(F)c5)c4C)c3C)oc2cc1OC(F)F.COC(=O)[C@@H]1CCCN1Cc1cc2nc(-c3cccc(-c4cccc(-c5ccc(CN6CCCC6)c(F)c5)c4C)c3C)oc2cc1OC(F)F. The summed E-state index contributed by atoms with van der Waals surface area (Å²) in [7, 11) is 2.68. The summed E-state index contributed by atoms with van der Waals surface area (Å²) in [6.45, 7) is 6.16. The molecule has 1 aliphatic carbocycles. The van der Waals surface area contributed by atoms with Crippen molar-refractivity contribution < 1.29 is 68.5 Å². The molecule has 20 heteroatoms. The molecular weight excluding hydrogens is 1300 g/mol. The molecule has 5 heterocycles. The van der Waals surface area contributed by atoms with Gasteiger partial charge in [-0.25, -0.2) is 18.7 Å². The first-order valence-electron chi connectivity index (χ1n) is 34.4. The second-order valence-corrected chi connectivity index (χ2v) is 26.3. The van der Waals surface area contributed by atoms with Crippen LogP contribution in [0, 0.1) is 39.3 Å². The molecule has 526 valence electrons. The third kappa shape index (κ3) is 15.9. The lowest BCUT2D eigenvalue weighted by Crippen LogP contribution is -2.36. The van der Waals surface area contributed by atoms with Crippen LogP contribution in [0.5, 0.6) is 11.5 Å². The van der Waals surface area contributed by atoms with Crippen molar-refractivity contribution in [2.45, 2.75) is 143 Å². The van der Waals surface area contributed by atoms with Crippen LogP contribution < -0.4 is 9.47 Å². The fourth-order valence-corrected chi connectivity index (χ4v) is 14.7. The minimum absolute atomic E-state index is 0.000817. The summed E-state index contributed by atoms with van der Waals surface area (Å²) < 4.78 is 116. The molecule has 0 bridgehead atoms. The number of hydrogen-bond donors (Lipinski definition) is 0. The maximum Gasteiger partial charge on any atom is 0.387 e. The fraction of sp³-hybridized carbons (Fsp3) is 0.346. The maximum atomic E-state index is 15.3. The van der Waals surface area contributed by atoms with Crippen LogP contribution in [0.2, 0.25) is 0 Å². The number of rotatable bonds is 19. The third-order valence-electron chi connectivity index (χ3n) is 20.0. The number of methoxy groups -OCH3 is 2. The number of likely N-dealkylation sites (tertiary alicyclic amines) is 3. The van der Waals surface area contributed by atoms with E-state index >= 15 is 4.39 Å². The van der Waals surface area contributed by atoms with E-state index in [0.29, 0.717) is 95.0 Å². The Bertz CT molecular complexity index is 4650. The van der Waals surface area contributed by atoms with E-state index < -0.39 is 31.1 Å². The molecule has 0 unspecified atom stereocenters. The molecule has 2 atom stereocenters. The molecule has 101 heavy (non-hydrogen) atoms. The first kappa shape index (κ1) is 71.2. The number of hydrogen-bond acceptors (Lipinski definition) is 14. The molecule has 0 radical (unpaired) electrons. The Labute approximate surface area is 583 Å². The molecule has 3 aliphatic heterocycles. The Balaban J connectivity index is 0.000000179. The molecular formula is C81H81F6N5O9. The predicted octanol–water partition coefficient (Wildman–Crippen LogP) is 19.0. The van der Waals surface area contributed by atoms with Crippen LogP contribution in [0.3, 0.4) is 0 Å². The highest BCUT2D eigenvalue weighted by atomic mass is 19.3. The van der Waals surface area contributed by atoms with Crippen LogP contribution in [0.4, 0.5) is 26.3 Å². The second kappa shape index (κ2) is 31.9.